The normalized spacial score (nSPS) is 14.8. The average molecular weight is 376 g/mol. The Labute approximate surface area is 149 Å². The van der Waals surface area contributed by atoms with Gasteiger partial charge in [0.1, 0.15) is 13.2 Å². The maximum absolute atomic E-state index is 12.6. The molecule has 0 aliphatic carbocycles. The average Bonchev–Trinajstić information content (AvgIpc) is 2.95. The molecule has 0 atom stereocenters. The third-order valence-corrected chi connectivity index (χ3v) is 6.34. The van der Waals surface area contributed by atoms with Crippen molar-refractivity contribution in [1.29, 1.82) is 0 Å². The van der Waals surface area contributed by atoms with E-state index in [1.54, 1.807) is 30.3 Å². The molecule has 4 rings (SSSR count). The Balaban J connectivity index is 1.93. The molecule has 25 heavy (non-hydrogen) atoms. The summed E-state index contributed by atoms with van der Waals surface area (Å²) in [6.07, 6.45) is 0. The molecule has 0 saturated carbocycles. The lowest BCUT2D eigenvalue weighted by atomic mass is 10.2. The van der Waals surface area contributed by atoms with Gasteiger partial charge in [0.05, 0.1) is 15.1 Å². The summed E-state index contributed by atoms with van der Waals surface area (Å²) in [6.45, 7) is 3.57. The van der Waals surface area contributed by atoms with Crippen molar-refractivity contribution < 1.29 is 17.9 Å². The van der Waals surface area contributed by atoms with Gasteiger partial charge in [-0.05, 0) is 19.1 Å². The number of benzene rings is 2. The molecular formula is C17H16N2O4S2. The lowest BCUT2D eigenvalue weighted by Crippen LogP contribution is -2.17. The molecule has 0 N–H and O–H groups in total. The summed E-state index contributed by atoms with van der Waals surface area (Å²) in [5.41, 5.74) is 0.888. The van der Waals surface area contributed by atoms with Crippen molar-refractivity contribution in [2.24, 2.45) is 4.40 Å². The van der Waals surface area contributed by atoms with Crippen LogP contribution < -0.4 is 14.3 Å². The van der Waals surface area contributed by atoms with Crippen LogP contribution in [-0.4, -0.2) is 26.2 Å². The number of aromatic nitrogens is 1. The first-order chi connectivity index (χ1) is 12.1. The van der Waals surface area contributed by atoms with Gasteiger partial charge in [-0.15, -0.1) is 4.40 Å². The molecule has 1 aromatic heterocycles. The molecule has 0 saturated heterocycles. The predicted octanol–water partition coefficient (Wildman–Crippen LogP) is 2.78. The van der Waals surface area contributed by atoms with Gasteiger partial charge in [0.15, 0.2) is 11.5 Å². The number of rotatable bonds is 3. The fraction of sp³-hybridized carbons (Fsp3) is 0.235. The van der Waals surface area contributed by atoms with Gasteiger partial charge in [-0.2, -0.15) is 8.42 Å². The number of hydrogen-bond acceptors (Lipinski definition) is 5. The van der Waals surface area contributed by atoms with Crippen molar-refractivity contribution in [3.8, 4) is 11.5 Å². The minimum atomic E-state index is -3.76. The molecule has 0 radical (unpaired) electrons. The summed E-state index contributed by atoms with van der Waals surface area (Å²) in [5, 5.41) is 0. The standard InChI is InChI=1S/C17H16N2O4S2/c1-2-19-13-10-14-15(23-9-8-22-14)11-16(13)24-17(19)18-25(20,21)12-6-4-3-5-7-12/h3-7,10-11H,2,8-9H2,1H3. The van der Waals surface area contributed by atoms with Gasteiger partial charge in [0, 0.05) is 18.7 Å². The second kappa shape index (κ2) is 6.20. The van der Waals surface area contributed by atoms with Gasteiger partial charge >= 0.3 is 0 Å². The zero-order chi connectivity index (χ0) is 17.4. The molecule has 1 aliphatic rings. The first-order valence-electron chi connectivity index (χ1n) is 7.87. The van der Waals surface area contributed by atoms with Crippen molar-refractivity contribution in [1.82, 2.24) is 4.57 Å². The first kappa shape index (κ1) is 16.2. The third-order valence-electron chi connectivity index (χ3n) is 3.90. The largest absolute Gasteiger partial charge is 0.486 e. The van der Waals surface area contributed by atoms with Gasteiger partial charge in [-0.1, -0.05) is 29.5 Å². The number of nitrogens with zero attached hydrogens (tertiary/aromatic N) is 2. The van der Waals surface area contributed by atoms with Crippen LogP contribution >= 0.6 is 11.3 Å². The summed E-state index contributed by atoms with van der Waals surface area (Å²) < 4.78 is 43.2. The molecule has 0 amide bonds. The topological polar surface area (TPSA) is 69.9 Å². The van der Waals surface area contributed by atoms with Crippen molar-refractivity contribution in [3.63, 3.8) is 0 Å². The number of thiazole rings is 1. The van der Waals surface area contributed by atoms with E-state index in [0.29, 0.717) is 36.1 Å². The predicted molar refractivity (Wildman–Crippen MR) is 95.7 cm³/mol. The van der Waals surface area contributed by atoms with Crippen LogP contribution in [0.25, 0.3) is 10.2 Å². The molecule has 3 aromatic rings. The molecule has 130 valence electrons. The monoisotopic (exact) mass is 376 g/mol. The van der Waals surface area contributed by atoms with Gasteiger partial charge in [-0.3, -0.25) is 0 Å². The molecule has 1 aliphatic heterocycles. The summed E-state index contributed by atoms with van der Waals surface area (Å²) in [5.74, 6) is 1.36. The van der Waals surface area contributed by atoms with E-state index in [1.807, 2.05) is 23.6 Å². The van der Waals surface area contributed by atoms with Gasteiger partial charge in [0.25, 0.3) is 10.0 Å². The quantitative estimate of drug-likeness (QED) is 0.705. The van der Waals surface area contributed by atoms with Crippen molar-refractivity contribution in [3.05, 3.63) is 47.3 Å². The summed E-state index contributed by atoms with van der Waals surface area (Å²) in [7, 11) is -3.76. The van der Waals surface area contributed by atoms with Crippen molar-refractivity contribution in [2.45, 2.75) is 18.4 Å². The smallest absolute Gasteiger partial charge is 0.285 e. The molecule has 0 bridgehead atoms. The van der Waals surface area contributed by atoms with Crippen molar-refractivity contribution in [2.75, 3.05) is 13.2 Å². The fourth-order valence-electron chi connectivity index (χ4n) is 2.73. The fourth-order valence-corrected chi connectivity index (χ4v) is 5.06. The zero-order valence-corrected chi connectivity index (χ0v) is 15.1. The van der Waals surface area contributed by atoms with E-state index in [4.69, 9.17) is 9.47 Å². The first-order valence-corrected chi connectivity index (χ1v) is 10.1. The number of sulfonamides is 1. The Bertz CT molecular complexity index is 1100. The Hall–Kier alpha value is -2.32. The highest BCUT2D eigenvalue weighted by Gasteiger charge is 2.18. The van der Waals surface area contributed by atoms with Crippen LogP contribution in [0.3, 0.4) is 0 Å². The Morgan fingerprint density at radius 3 is 2.48 bits per heavy atom. The van der Waals surface area contributed by atoms with Crippen LogP contribution in [0.2, 0.25) is 0 Å². The summed E-state index contributed by atoms with van der Waals surface area (Å²) in [6, 6.07) is 12.0. The molecule has 0 spiro atoms. The van der Waals surface area contributed by atoms with E-state index in [-0.39, 0.29) is 4.90 Å². The van der Waals surface area contributed by atoms with E-state index in [0.717, 1.165) is 10.2 Å². The molecule has 2 aromatic carbocycles. The number of ether oxygens (including phenoxy) is 2. The Morgan fingerprint density at radius 2 is 1.80 bits per heavy atom. The van der Waals surface area contributed by atoms with Gasteiger partial charge in [-0.25, -0.2) is 0 Å². The highest BCUT2D eigenvalue weighted by molar-refractivity contribution is 7.90. The van der Waals surface area contributed by atoms with Crippen LogP contribution in [0.5, 0.6) is 11.5 Å². The minimum Gasteiger partial charge on any atom is -0.486 e. The van der Waals surface area contributed by atoms with E-state index in [1.165, 1.54) is 11.3 Å². The van der Waals surface area contributed by atoms with Crippen LogP contribution in [0, 0.1) is 0 Å². The molecule has 8 heteroatoms. The number of aryl methyl sites for hydroxylation is 1. The lowest BCUT2D eigenvalue weighted by molar-refractivity contribution is 0.172. The maximum atomic E-state index is 12.6. The number of fused-ring (bicyclic) bond motifs is 2. The molecule has 0 unspecified atom stereocenters. The number of hydrogen-bond donors (Lipinski definition) is 0. The van der Waals surface area contributed by atoms with E-state index < -0.39 is 10.0 Å². The van der Waals surface area contributed by atoms with Crippen LogP contribution in [0.4, 0.5) is 0 Å². The van der Waals surface area contributed by atoms with E-state index in [9.17, 15) is 8.42 Å². The van der Waals surface area contributed by atoms with Crippen LogP contribution in [0.1, 0.15) is 6.92 Å². The SMILES string of the molecule is CCn1c(=NS(=O)(=O)c2ccccc2)sc2cc3c(cc21)OCCO3. The molecular weight excluding hydrogens is 360 g/mol. The minimum absolute atomic E-state index is 0.182. The third kappa shape index (κ3) is 2.91. The molecule has 0 fully saturated rings. The Kier molecular flexibility index (Phi) is 4.01. The highest BCUT2D eigenvalue weighted by atomic mass is 32.2. The second-order valence-electron chi connectivity index (χ2n) is 5.47. The molecule has 2 heterocycles. The zero-order valence-electron chi connectivity index (χ0n) is 13.5. The van der Waals surface area contributed by atoms with Crippen molar-refractivity contribution >= 4 is 31.6 Å². The van der Waals surface area contributed by atoms with Gasteiger partial charge in [0.2, 0.25) is 4.80 Å². The Morgan fingerprint density at radius 1 is 1.12 bits per heavy atom. The van der Waals surface area contributed by atoms with E-state index in [2.05, 4.69) is 4.40 Å². The summed E-state index contributed by atoms with van der Waals surface area (Å²) >= 11 is 1.32. The summed E-state index contributed by atoms with van der Waals surface area (Å²) in [4.78, 5) is 0.616. The van der Waals surface area contributed by atoms with Crippen LogP contribution in [-0.2, 0) is 16.6 Å². The van der Waals surface area contributed by atoms with Crippen LogP contribution in [0.15, 0.2) is 51.8 Å². The van der Waals surface area contributed by atoms with Gasteiger partial charge < -0.3 is 14.0 Å². The maximum Gasteiger partial charge on any atom is 0.285 e. The molecule has 6 nitrogen and oxygen atoms in total. The van der Waals surface area contributed by atoms with E-state index >= 15 is 0 Å². The second-order valence-corrected chi connectivity index (χ2v) is 8.09. The lowest BCUT2D eigenvalue weighted by Gasteiger charge is -2.18. The highest BCUT2D eigenvalue weighted by Crippen LogP contribution is 2.35.